The van der Waals surface area contributed by atoms with Crippen LogP contribution in [-0.2, 0) is 33.6 Å². The van der Waals surface area contributed by atoms with Crippen molar-refractivity contribution in [2.45, 2.75) is 34.6 Å². The van der Waals surface area contributed by atoms with Crippen molar-refractivity contribution in [1.29, 1.82) is 0 Å². The molecule has 0 atom stereocenters. The number of ketones is 4. The fourth-order valence-electron chi connectivity index (χ4n) is 0. The Morgan fingerprint density at radius 3 is 0.522 bits per heavy atom. The predicted octanol–water partition coefficient (Wildman–Crippen LogP) is -4.81. The average Bonchev–Trinajstić information content (AvgIpc) is 2.29. The van der Waals surface area contributed by atoms with E-state index in [1.807, 2.05) is 0 Å². The minimum absolute atomic E-state index is 0. The molecule has 0 radical (unpaired) electrons. The number of Topliss-reactive ketones (excluding diaryl/α,β-unsaturated/α-hetero) is 4. The summed E-state index contributed by atoms with van der Waals surface area (Å²) in [6, 6.07) is 0. The summed E-state index contributed by atoms with van der Waals surface area (Å²) < 4.78 is 0. The van der Waals surface area contributed by atoms with Crippen LogP contribution >= 0.6 is 0 Å². The number of rotatable bonds is 3. The number of hydrogen-bond acceptors (Lipinski definition) is 10. The Morgan fingerprint density at radius 1 is 0.478 bits per heavy atom. The molecule has 0 bridgehead atoms. The average molecular weight is 346 g/mol. The van der Waals surface area contributed by atoms with Crippen LogP contribution in [0, 0.1) is 0 Å². The first-order valence-corrected chi connectivity index (χ1v) is 5.29. The normalized spacial score (nSPS) is 7.00. The topological polar surface area (TPSA) is 189 Å². The van der Waals surface area contributed by atoms with Crippen LogP contribution in [0.2, 0.25) is 0 Å². The van der Waals surface area contributed by atoms with Crippen LogP contribution in [0.25, 0.3) is 0 Å². The van der Waals surface area contributed by atoms with E-state index >= 15 is 0 Å². The second-order valence-corrected chi connectivity index (χ2v) is 3.44. The molecular formula is C12H15AlO10. The minimum Gasteiger partial charge on any atom is -0.542 e. The Balaban J connectivity index is -0.0000000624. The molecule has 0 unspecified atom stereocenters. The van der Waals surface area contributed by atoms with Gasteiger partial charge in [0.25, 0.3) is 0 Å². The number of carboxylic acids is 3. The van der Waals surface area contributed by atoms with Gasteiger partial charge in [-0.3, -0.25) is 14.4 Å². The molecule has 0 heterocycles. The second-order valence-electron chi connectivity index (χ2n) is 3.44. The van der Waals surface area contributed by atoms with Crippen molar-refractivity contribution < 1.29 is 48.9 Å². The quantitative estimate of drug-likeness (QED) is 0.354. The van der Waals surface area contributed by atoms with E-state index in [1.165, 1.54) is 13.8 Å². The third kappa shape index (κ3) is 65.8. The summed E-state index contributed by atoms with van der Waals surface area (Å²) in [4.78, 5) is 65.6. The Kier molecular flexibility index (Phi) is 27.8. The van der Waals surface area contributed by atoms with Gasteiger partial charge in [0.05, 0.1) is 0 Å². The minimum atomic E-state index is -1.63. The van der Waals surface area contributed by atoms with E-state index in [9.17, 15) is 48.9 Å². The van der Waals surface area contributed by atoms with Crippen LogP contribution in [0.4, 0.5) is 0 Å². The van der Waals surface area contributed by atoms with E-state index < -0.39 is 35.3 Å². The zero-order chi connectivity index (χ0) is 19.0. The molecule has 11 heteroatoms. The third-order valence-electron chi connectivity index (χ3n) is 0.862. The summed E-state index contributed by atoms with van der Waals surface area (Å²) in [5.41, 5.74) is 0. The zero-order valence-electron chi connectivity index (χ0n) is 13.2. The van der Waals surface area contributed by atoms with Gasteiger partial charge in [-0.2, -0.15) is 0 Å². The van der Waals surface area contributed by atoms with Gasteiger partial charge >= 0.3 is 17.4 Å². The Labute approximate surface area is 142 Å². The van der Waals surface area contributed by atoms with Crippen LogP contribution in [0.1, 0.15) is 34.6 Å². The molecule has 0 saturated heterocycles. The summed E-state index contributed by atoms with van der Waals surface area (Å²) in [6.45, 7) is 5.88. The van der Waals surface area contributed by atoms with Gasteiger partial charge in [-0.05, 0) is 13.8 Å². The van der Waals surface area contributed by atoms with Gasteiger partial charge in [-0.15, -0.1) is 0 Å². The molecule has 0 rings (SSSR count). The summed E-state index contributed by atoms with van der Waals surface area (Å²) in [5.74, 6) is -7.53. The molecule has 0 aliphatic rings. The molecule has 10 nitrogen and oxygen atoms in total. The molecule has 0 aliphatic carbocycles. The van der Waals surface area contributed by atoms with Gasteiger partial charge in [-0.25, -0.2) is 0 Å². The van der Waals surface area contributed by atoms with Gasteiger partial charge in [0.15, 0.2) is 17.3 Å². The van der Waals surface area contributed by atoms with Crippen molar-refractivity contribution in [3.63, 3.8) is 0 Å². The van der Waals surface area contributed by atoms with Crippen LogP contribution in [0.5, 0.6) is 0 Å². The molecule has 0 aromatic heterocycles. The van der Waals surface area contributed by atoms with E-state index in [0.29, 0.717) is 0 Å². The Bertz CT molecular complexity index is 356. The van der Waals surface area contributed by atoms with Gasteiger partial charge < -0.3 is 34.5 Å². The van der Waals surface area contributed by atoms with Gasteiger partial charge in [0, 0.05) is 20.8 Å². The molecule has 0 aromatic carbocycles. The van der Waals surface area contributed by atoms with Crippen LogP contribution < -0.4 is 15.3 Å². The van der Waals surface area contributed by atoms with Crippen molar-refractivity contribution in [3.8, 4) is 0 Å². The van der Waals surface area contributed by atoms with Gasteiger partial charge in [0.2, 0.25) is 0 Å². The molecule has 0 aromatic rings. The number of carbonyl (C=O) groups excluding carboxylic acids is 7. The molecule has 0 N–H and O–H groups in total. The molecule has 0 saturated carbocycles. The van der Waals surface area contributed by atoms with E-state index in [-0.39, 0.29) is 23.1 Å². The maximum atomic E-state index is 9.48. The van der Waals surface area contributed by atoms with Crippen LogP contribution in [-0.4, -0.2) is 58.4 Å². The maximum absolute atomic E-state index is 9.48. The zero-order valence-corrected chi connectivity index (χ0v) is 14.3. The fraction of sp³-hybridized carbons (Fsp3) is 0.417. The van der Waals surface area contributed by atoms with Crippen molar-refractivity contribution >= 4 is 58.4 Å². The van der Waals surface area contributed by atoms with Crippen molar-refractivity contribution in [3.05, 3.63) is 0 Å². The molecule has 0 fully saturated rings. The summed E-state index contributed by atoms with van der Waals surface area (Å²) in [7, 11) is 0. The summed E-state index contributed by atoms with van der Waals surface area (Å²) in [6.07, 6.45) is 0. The summed E-state index contributed by atoms with van der Waals surface area (Å²) in [5, 5.41) is 27.7. The second kappa shape index (κ2) is 19.6. The van der Waals surface area contributed by atoms with Crippen LogP contribution in [0.15, 0.2) is 0 Å². The molecule has 0 spiro atoms. The summed E-state index contributed by atoms with van der Waals surface area (Å²) >= 11 is 0. The molecular weight excluding hydrogens is 331 g/mol. The first-order chi connectivity index (χ1) is 9.66. The fourth-order valence-corrected chi connectivity index (χ4v) is 0. The van der Waals surface area contributed by atoms with E-state index in [4.69, 9.17) is 0 Å². The van der Waals surface area contributed by atoms with Crippen molar-refractivity contribution in [2.24, 2.45) is 0 Å². The number of carbonyl (C=O) groups is 7. The van der Waals surface area contributed by atoms with Crippen molar-refractivity contribution in [1.82, 2.24) is 0 Å². The standard InChI is InChI=1S/3C3H4O3.C3H6O.Al/c3*1-2(4)3(5)6;1-3(2)4;/h3*1H3,(H,5,6);1-2H3;/q;;;;+3/p-3. The largest absolute Gasteiger partial charge is 3.00 e. The smallest absolute Gasteiger partial charge is 0.542 e. The third-order valence-corrected chi connectivity index (χ3v) is 0.862. The molecule has 0 amide bonds. The monoisotopic (exact) mass is 346 g/mol. The SMILES string of the molecule is CC(=O)C(=O)[O-].CC(=O)C(=O)[O-].CC(=O)C(=O)[O-].CC(C)=O.[Al+3]. The Hall–Kier alpha value is -2.38. The predicted molar refractivity (Wildman–Crippen MR) is 69.2 cm³/mol. The molecule has 126 valence electrons. The molecule has 23 heavy (non-hydrogen) atoms. The maximum Gasteiger partial charge on any atom is 3.00 e. The van der Waals surface area contributed by atoms with Gasteiger partial charge in [0.1, 0.15) is 23.7 Å². The van der Waals surface area contributed by atoms with Crippen molar-refractivity contribution in [2.75, 3.05) is 0 Å². The van der Waals surface area contributed by atoms with E-state index in [1.54, 1.807) is 0 Å². The first-order valence-electron chi connectivity index (χ1n) is 5.29. The molecule has 0 aliphatic heterocycles. The van der Waals surface area contributed by atoms with Crippen LogP contribution in [0.3, 0.4) is 0 Å². The number of aliphatic carboxylic acids is 3. The Morgan fingerprint density at radius 2 is 0.522 bits per heavy atom. The number of hydrogen-bond donors (Lipinski definition) is 0. The van der Waals surface area contributed by atoms with E-state index in [0.717, 1.165) is 20.8 Å². The van der Waals surface area contributed by atoms with E-state index in [2.05, 4.69) is 0 Å². The number of carboxylic acid groups (broad SMARTS) is 3. The van der Waals surface area contributed by atoms with Gasteiger partial charge in [-0.1, -0.05) is 0 Å². The first kappa shape index (κ1) is 32.5.